The second kappa shape index (κ2) is 8.46. The lowest BCUT2D eigenvalue weighted by atomic mass is 10.0. The Morgan fingerprint density at radius 3 is 2.59 bits per heavy atom. The summed E-state index contributed by atoms with van der Waals surface area (Å²) in [5, 5.41) is 5.20. The van der Waals surface area contributed by atoms with Gasteiger partial charge in [-0.15, -0.1) is 0 Å². The third kappa shape index (κ3) is 4.51. The van der Waals surface area contributed by atoms with Crippen molar-refractivity contribution in [2.24, 2.45) is 0 Å². The maximum Gasteiger partial charge on any atom is 0.192 e. The van der Waals surface area contributed by atoms with Crippen molar-refractivity contribution in [2.75, 3.05) is 5.32 Å². The number of halogens is 1. The summed E-state index contributed by atoms with van der Waals surface area (Å²) < 4.78 is 6.48. The van der Waals surface area contributed by atoms with E-state index in [1.807, 2.05) is 6.07 Å². The number of fused-ring (bicyclic) bond motifs is 2. The summed E-state index contributed by atoms with van der Waals surface area (Å²) in [5.74, 6) is 0.666. The minimum atomic E-state index is -1.82. The molecular weight excluding hydrogens is 438 g/mol. The number of pyridine rings is 1. The molecule has 3 heterocycles. The van der Waals surface area contributed by atoms with Crippen molar-refractivity contribution >= 4 is 47.8 Å². The number of benzene rings is 1. The van der Waals surface area contributed by atoms with E-state index in [4.69, 9.17) is 16.0 Å². The zero-order valence-corrected chi connectivity index (χ0v) is 21.3. The van der Waals surface area contributed by atoms with E-state index in [1.54, 1.807) is 12.3 Å². The van der Waals surface area contributed by atoms with Crippen LogP contribution in [-0.2, 0) is 17.6 Å². The number of nitrogens with zero attached hydrogens (tertiary/aromatic N) is 3. The van der Waals surface area contributed by atoms with Gasteiger partial charge in [0.15, 0.2) is 14.0 Å². The molecule has 168 valence electrons. The molecule has 0 fully saturated rings. The molecule has 0 saturated heterocycles. The molecule has 0 atom stereocenters. The van der Waals surface area contributed by atoms with Gasteiger partial charge < -0.3 is 14.7 Å². The zero-order chi connectivity index (χ0) is 23.1. The number of H-pyrrole nitrogens is 1. The van der Waals surface area contributed by atoms with Crippen molar-refractivity contribution in [2.45, 2.75) is 59.0 Å². The van der Waals surface area contributed by atoms with Gasteiger partial charge in [0.25, 0.3) is 0 Å². The van der Waals surface area contributed by atoms with Crippen molar-refractivity contribution in [3.05, 3.63) is 58.5 Å². The Hall–Kier alpha value is -2.48. The first kappa shape index (κ1) is 22.7. The maximum atomic E-state index is 6.48. The quantitative estimate of drug-likeness (QED) is 0.246. The molecule has 32 heavy (non-hydrogen) atoms. The predicted molar refractivity (Wildman–Crippen MR) is 135 cm³/mol. The molecule has 0 unspecified atom stereocenters. The van der Waals surface area contributed by atoms with Crippen molar-refractivity contribution in [3.8, 4) is 0 Å². The van der Waals surface area contributed by atoms with Gasteiger partial charge in [-0.25, -0.2) is 15.0 Å². The second-order valence-electron chi connectivity index (χ2n) is 9.74. The van der Waals surface area contributed by atoms with E-state index in [0.29, 0.717) is 29.8 Å². The molecule has 0 radical (unpaired) electrons. The number of rotatable bonds is 6. The minimum Gasteiger partial charge on any atom is -0.412 e. The van der Waals surface area contributed by atoms with Gasteiger partial charge in [0, 0.05) is 23.7 Å². The molecule has 1 aromatic carbocycles. The van der Waals surface area contributed by atoms with E-state index in [2.05, 4.69) is 84.4 Å². The van der Waals surface area contributed by atoms with Crippen LogP contribution < -0.4 is 5.32 Å². The van der Waals surface area contributed by atoms with Crippen molar-refractivity contribution in [1.82, 2.24) is 19.9 Å². The average Bonchev–Trinajstić information content (AvgIpc) is 3.12. The van der Waals surface area contributed by atoms with Gasteiger partial charge in [0.2, 0.25) is 0 Å². The fourth-order valence-corrected chi connectivity index (χ4v) is 4.54. The first-order valence-electron chi connectivity index (χ1n) is 10.8. The molecule has 6 nitrogen and oxygen atoms in total. The predicted octanol–water partition coefficient (Wildman–Crippen LogP) is 6.60. The summed E-state index contributed by atoms with van der Waals surface area (Å²) in [7, 11) is -1.82. The van der Waals surface area contributed by atoms with E-state index in [1.165, 1.54) is 22.1 Å². The Morgan fingerprint density at radius 1 is 1.09 bits per heavy atom. The fraction of sp³-hybridized carbons (Fsp3) is 0.375. The van der Waals surface area contributed by atoms with Crippen LogP contribution in [0.3, 0.4) is 0 Å². The van der Waals surface area contributed by atoms with Crippen LogP contribution in [0.1, 0.15) is 37.5 Å². The van der Waals surface area contributed by atoms with Crippen LogP contribution in [0.5, 0.6) is 0 Å². The number of aromatic amines is 1. The Bertz CT molecular complexity index is 1280. The number of hydrogen-bond donors (Lipinski definition) is 2. The molecule has 3 aromatic heterocycles. The highest BCUT2D eigenvalue weighted by Gasteiger charge is 2.37. The standard InChI is InChI=1S/C24H30ClN5OSi/c1-15-11-28-22-17(14-31-32(5,6)24(2,3)4)8-7-16(21(15)22)12-27-20-13-26-18-9-10-19(25)29-23(18)30-20/h7-11,13,28H,12,14H2,1-6H3,(H,27,29,30). The first-order valence-corrected chi connectivity index (χ1v) is 14.1. The summed E-state index contributed by atoms with van der Waals surface area (Å²) >= 11 is 6.00. The molecule has 8 heteroatoms. The summed E-state index contributed by atoms with van der Waals surface area (Å²) in [6, 6.07) is 7.87. The lowest BCUT2D eigenvalue weighted by Gasteiger charge is -2.36. The number of hydrogen-bond acceptors (Lipinski definition) is 5. The van der Waals surface area contributed by atoms with E-state index < -0.39 is 8.32 Å². The third-order valence-corrected chi connectivity index (χ3v) is 11.1. The summed E-state index contributed by atoms with van der Waals surface area (Å²) in [4.78, 5) is 16.7. The highest BCUT2D eigenvalue weighted by atomic mass is 35.5. The summed E-state index contributed by atoms with van der Waals surface area (Å²) in [6.45, 7) is 14.7. The minimum absolute atomic E-state index is 0.182. The first-order chi connectivity index (χ1) is 15.0. The number of aromatic nitrogens is 4. The topological polar surface area (TPSA) is 75.7 Å². The molecule has 0 aliphatic heterocycles. The van der Waals surface area contributed by atoms with Gasteiger partial charge in [0.1, 0.15) is 16.5 Å². The molecule has 0 saturated carbocycles. The number of nitrogens with one attached hydrogen (secondary N) is 2. The van der Waals surface area contributed by atoms with Crippen LogP contribution >= 0.6 is 11.6 Å². The van der Waals surface area contributed by atoms with Gasteiger partial charge in [-0.1, -0.05) is 44.5 Å². The Morgan fingerprint density at radius 2 is 1.84 bits per heavy atom. The van der Waals surface area contributed by atoms with Crippen molar-refractivity contribution in [3.63, 3.8) is 0 Å². The lowest BCUT2D eigenvalue weighted by molar-refractivity contribution is 0.277. The largest absolute Gasteiger partial charge is 0.412 e. The highest BCUT2D eigenvalue weighted by molar-refractivity contribution is 6.74. The maximum absolute atomic E-state index is 6.48. The van der Waals surface area contributed by atoms with Crippen LogP contribution in [0.15, 0.2) is 36.7 Å². The SMILES string of the molecule is Cc1c[nH]c2c(CO[Si](C)(C)C(C)(C)C)ccc(CNc3cnc4ccc(Cl)nc4n3)c12. The fourth-order valence-electron chi connectivity index (χ4n) is 3.44. The Kier molecular flexibility index (Phi) is 6.00. The molecule has 4 rings (SSSR count). The Labute approximate surface area is 194 Å². The molecule has 0 aliphatic carbocycles. The molecule has 4 aromatic rings. The second-order valence-corrected chi connectivity index (χ2v) is 14.9. The lowest BCUT2D eigenvalue weighted by Crippen LogP contribution is -2.40. The monoisotopic (exact) mass is 467 g/mol. The van der Waals surface area contributed by atoms with Crippen molar-refractivity contribution in [1.29, 1.82) is 0 Å². The van der Waals surface area contributed by atoms with Crippen LogP contribution in [0.25, 0.3) is 22.1 Å². The molecule has 0 spiro atoms. The van der Waals surface area contributed by atoms with E-state index in [-0.39, 0.29) is 5.04 Å². The van der Waals surface area contributed by atoms with Crippen LogP contribution in [-0.4, -0.2) is 28.3 Å². The normalized spacial score (nSPS) is 12.6. The van der Waals surface area contributed by atoms with Crippen LogP contribution in [0.4, 0.5) is 5.82 Å². The van der Waals surface area contributed by atoms with E-state index >= 15 is 0 Å². The molecule has 0 amide bonds. The summed E-state index contributed by atoms with van der Waals surface area (Å²) in [6.07, 6.45) is 3.78. The smallest absolute Gasteiger partial charge is 0.192 e. The molecule has 0 aliphatic rings. The molecular formula is C24H30ClN5OSi. The van der Waals surface area contributed by atoms with Gasteiger partial charge in [-0.3, -0.25) is 0 Å². The molecule has 2 N–H and O–H groups in total. The van der Waals surface area contributed by atoms with Gasteiger partial charge >= 0.3 is 0 Å². The van der Waals surface area contributed by atoms with Gasteiger partial charge in [0.05, 0.1) is 18.3 Å². The third-order valence-electron chi connectivity index (χ3n) is 6.43. The van der Waals surface area contributed by atoms with Crippen LogP contribution in [0, 0.1) is 6.92 Å². The molecule has 0 bridgehead atoms. The van der Waals surface area contributed by atoms with Crippen molar-refractivity contribution < 1.29 is 4.43 Å². The zero-order valence-electron chi connectivity index (χ0n) is 19.5. The number of anilines is 1. The Balaban J connectivity index is 1.57. The van der Waals surface area contributed by atoms with Gasteiger partial charge in [-0.05, 0) is 48.3 Å². The highest BCUT2D eigenvalue weighted by Crippen LogP contribution is 2.37. The van der Waals surface area contributed by atoms with Crippen LogP contribution in [0.2, 0.25) is 23.3 Å². The average molecular weight is 468 g/mol. The van der Waals surface area contributed by atoms with E-state index in [9.17, 15) is 0 Å². The van der Waals surface area contributed by atoms with E-state index in [0.717, 1.165) is 11.0 Å². The van der Waals surface area contributed by atoms with Gasteiger partial charge in [-0.2, -0.15) is 0 Å². The summed E-state index contributed by atoms with van der Waals surface area (Å²) in [5.41, 5.74) is 5.97. The number of aryl methyl sites for hydroxylation is 1.